The molecule has 0 aliphatic rings. The molecule has 0 saturated carbocycles. The zero-order valence-electron chi connectivity index (χ0n) is 10.8. The summed E-state index contributed by atoms with van der Waals surface area (Å²) in [5.41, 5.74) is 1.07. The third-order valence-electron chi connectivity index (χ3n) is 2.92. The van der Waals surface area contributed by atoms with Crippen molar-refractivity contribution in [2.75, 3.05) is 0 Å². The monoisotopic (exact) mass is 221 g/mol. The standard InChI is InChI=1S/C13H23N3/c1-5-10(2)8-11(3)15-9-13-6-7-14-12(4)16-13/h6-7,10-11,15H,5,8-9H2,1-4H3. The predicted molar refractivity (Wildman–Crippen MR) is 67.1 cm³/mol. The Hall–Kier alpha value is -0.960. The summed E-state index contributed by atoms with van der Waals surface area (Å²) in [7, 11) is 0. The van der Waals surface area contributed by atoms with Gasteiger partial charge in [-0.05, 0) is 32.3 Å². The fraction of sp³-hybridized carbons (Fsp3) is 0.692. The van der Waals surface area contributed by atoms with Crippen LogP contribution < -0.4 is 5.32 Å². The van der Waals surface area contributed by atoms with Gasteiger partial charge in [0, 0.05) is 18.8 Å². The largest absolute Gasteiger partial charge is 0.309 e. The molecule has 0 aliphatic carbocycles. The highest BCUT2D eigenvalue weighted by Gasteiger charge is 2.06. The van der Waals surface area contributed by atoms with Crippen LogP contribution in [0.15, 0.2) is 12.3 Å². The van der Waals surface area contributed by atoms with Crippen molar-refractivity contribution in [1.82, 2.24) is 15.3 Å². The summed E-state index contributed by atoms with van der Waals surface area (Å²) in [5, 5.41) is 3.50. The highest BCUT2D eigenvalue weighted by Crippen LogP contribution is 2.09. The Labute approximate surface area is 98.7 Å². The lowest BCUT2D eigenvalue weighted by Gasteiger charge is -2.17. The van der Waals surface area contributed by atoms with Crippen LogP contribution in [0.25, 0.3) is 0 Å². The van der Waals surface area contributed by atoms with Crippen LogP contribution in [0.2, 0.25) is 0 Å². The number of nitrogens with zero attached hydrogens (tertiary/aromatic N) is 2. The lowest BCUT2D eigenvalue weighted by atomic mass is 10.0. The summed E-state index contributed by atoms with van der Waals surface area (Å²) in [5.74, 6) is 1.63. The van der Waals surface area contributed by atoms with E-state index in [1.54, 1.807) is 0 Å². The van der Waals surface area contributed by atoms with E-state index >= 15 is 0 Å². The summed E-state index contributed by atoms with van der Waals surface area (Å²) in [6.07, 6.45) is 4.29. The second-order valence-corrected chi connectivity index (χ2v) is 4.63. The Kier molecular flexibility index (Phi) is 5.39. The predicted octanol–water partition coefficient (Wildman–Crippen LogP) is 2.70. The normalized spacial score (nSPS) is 14.8. The quantitative estimate of drug-likeness (QED) is 0.802. The molecule has 2 atom stereocenters. The molecular formula is C13H23N3. The lowest BCUT2D eigenvalue weighted by Crippen LogP contribution is -2.27. The Morgan fingerprint density at radius 2 is 2.12 bits per heavy atom. The van der Waals surface area contributed by atoms with E-state index in [1.807, 2.05) is 19.2 Å². The van der Waals surface area contributed by atoms with Crippen molar-refractivity contribution in [2.24, 2.45) is 5.92 Å². The van der Waals surface area contributed by atoms with E-state index in [9.17, 15) is 0 Å². The Bertz CT molecular complexity index is 312. The van der Waals surface area contributed by atoms with Gasteiger partial charge in [-0.2, -0.15) is 0 Å². The van der Waals surface area contributed by atoms with Crippen LogP contribution in [0, 0.1) is 12.8 Å². The highest BCUT2D eigenvalue weighted by molar-refractivity contribution is 5.01. The molecule has 0 spiro atoms. The number of rotatable bonds is 6. The Morgan fingerprint density at radius 3 is 2.75 bits per heavy atom. The number of aromatic nitrogens is 2. The molecule has 1 rings (SSSR count). The molecule has 1 aromatic heterocycles. The summed E-state index contributed by atoms with van der Waals surface area (Å²) in [6, 6.07) is 2.51. The molecule has 1 aromatic rings. The van der Waals surface area contributed by atoms with Crippen LogP contribution in [0.5, 0.6) is 0 Å². The first-order valence-electron chi connectivity index (χ1n) is 6.13. The molecule has 1 N–H and O–H groups in total. The molecule has 0 fully saturated rings. The van der Waals surface area contributed by atoms with Gasteiger partial charge in [-0.3, -0.25) is 0 Å². The van der Waals surface area contributed by atoms with Gasteiger partial charge in [0.05, 0.1) is 5.69 Å². The topological polar surface area (TPSA) is 37.8 Å². The van der Waals surface area contributed by atoms with Crippen LogP contribution >= 0.6 is 0 Å². The van der Waals surface area contributed by atoms with E-state index < -0.39 is 0 Å². The van der Waals surface area contributed by atoms with E-state index in [0.717, 1.165) is 24.0 Å². The maximum absolute atomic E-state index is 4.37. The number of nitrogens with one attached hydrogen (secondary N) is 1. The van der Waals surface area contributed by atoms with E-state index in [0.29, 0.717) is 6.04 Å². The molecule has 2 unspecified atom stereocenters. The van der Waals surface area contributed by atoms with Gasteiger partial charge < -0.3 is 5.32 Å². The first kappa shape index (κ1) is 13.1. The van der Waals surface area contributed by atoms with Gasteiger partial charge in [-0.1, -0.05) is 20.3 Å². The first-order valence-corrected chi connectivity index (χ1v) is 6.13. The van der Waals surface area contributed by atoms with Crippen molar-refractivity contribution in [2.45, 2.75) is 53.1 Å². The van der Waals surface area contributed by atoms with Gasteiger partial charge in [0.2, 0.25) is 0 Å². The minimum Gasteiger partial charge on any atom is -0.309 e. The SMILES string of the molecule is CCC(C)CC(C)NCc1ccnc(C)n1. The van der Waals surface area contributed by atoms with E-state index in [4.69, 9.17) is 0 Å². The number of aryl methyl sites for hydroxylation is 1. The molecule has 0 bridgehead atoms. The zero-order chi connectivity index (χ0) is 12.0. The van der Waals surface area contributed by atoms with Crippen LogP contribution in [0.3, 0.4) is 0 Å². The average Bonchev–Trinajstić information content (AvgIpc) is 2.26. The fourth-order valence-corrected chi connectivity index (χ4v) is 1.74. The second kappa shape index (κ2) is 6.59. The lowest BCUT2D eigenvalue weighted by molar-refractivity contribution is 0.410. The van der Waals surface area contributed by atoms with Crippen LogP contribution in [0.1, 0.15) is 45.1 Å². The van der Waals surface area contributed by atoms with Crippen molar-refractivity contribution < 1.29 is 0 Å². The molecule has 3 nitrogen and oxygen atoms in total. The van der Waals surface area contributed by atoms with Crippen LogP contribution in [-0.4, -0.2) is 16.0 Å². The molecule has 90 valence electrons. The van der Waals surface area contributed by atoms with Crippen molar-refractivity contribution >= 4 is 0 Å². The molecular weight excluding hydrogens is 198 g/mol. The van der Waals surface area contributed by atoms with E-state index in [2.05, 4.69) is 36.1 Å². The van der Waals surface area contributed by atoms with E-state index in [-0.39, 0.29) is 0 Å². The third-order valence-corrected chi connectivity index (χ3v) is 2.92. The maximum Gasteiger partial charge on any atom is 0.125 e. The summed E-state index contributed by atoms with van der Waals surface area (Å²) >= 11 is 0. The number of hydrogen-bond donors (Lipinski definition) is 1. The Balaban J connectivity index is 2.34. The molecule has 0 aliphatic heterocycles. The summed E-state index contributed by atoms with van der Waals surface area (Å²) in [6.45, 7) is 9.53. The van der Waals surface area contributed by atoms with Gasteiger partial charge in [-0.25, -0.2) is 9.97 Å². The van der Waals surface area contributed by atoms with Crippen molar-refractivity contribution in [3.8, 4) is 0 Å². The highest BCUT2D eigenvalue weighted by atomic mass is 14.9. The average molecular weight is 221 g/mol. The van der Waals surface area contributed by atoms with Crippen molar-refractivity contribution in [3.63, 3.8) is 0 Å². The smallest absolute Gasteiger partial charge is 0.125 e. The molecule has 3 heteroatoms. The van der Waals surface area contributed by atoms with Gasteiger partial charge in [0.25, 0.3) is 0 Å². The molecule has 0 radical (unpaired) electrons. The third kappa shape index (κ3) is 4.71. The van der Waals surface area contributed by atoms with Gasteiger partial charge >= 0.3 is 0 Å². The first-order chi connectivity index (χ1) is 7.61. The molecule has 0 amide bonds. The molecule has 16 heavy (non-hydrogen) atoms. The molecule has 0 aromatic carbocycles. The maximum atomic E-state index is 4.37. The van der Waals surface area contributed by atoms with Crippen molar-refractivity contribution in [3.05, 3.63) is 23.8 Å². The zero-order valence-corrected chi connectivity index (χ0v) is 10.8. The van der Waals surface area contributed by atoms with Gasteiger partial charge in [-0.15, -0.1) is 0 Å². The minimum atomic E-state index is 0.547. The minimum absolute atomic E-state index is 0.547. The van der Waals surface area contributed by atoms with Gasteiger partial charge in [0.1, 0.15) is 5.82 Å². The second-order valence-electron chi connectivity index (χ2n) is 4.63. The van der Waals surface area contributed by atoms with Crippen LogP contribution in [-0.2, 0) is 6.54 Å². The van der Waals surface area contributed by atoms with Crippen LogP contribution in [0.4, 0.5) is 0 Å². The van der Waals surface area contributed by atoms with E-state index in [1.165, 1.54) is 12.8 Å². The summed E-state index contributed by atoms with van der Waals surface area (Å²) < 4.78 is 0. The Morgan fingerprint density at radius 1 is 1.38 bits per heavy atom. The van der Waals surface area contributed by atoms with Crippen molar-refractivity contribution in [1.29, 1.82) is 0 Å². The fourth-order valence-electron chi connectivity index (χ4n) is 1.74. The molecule has 0 saturated heterocycles. The molecule has 1 heterocycles. The number of hydrogen-bond acceptors (Lipinski definition) is 3. The van der Waals surface area contributed by atoms with Gasteiger partial charge in [0.15, 0.2) is 0 Å². The summed E-state index contributed by atoms with van der Waals surface area (Å²) in [4.78, 5) is 8.46.